The van der Waals surface area contributed by atoms with Crippen molar-refractivity contribution in [2.24, 2.45) is 0 Å². The molecule has 0 fully saturated rings. The van der Waals surface area contributed by atoms with Crippen molar-refractivity contribution in [2.45, 2.75) is 19.4 Å². The number of rotatable bonds is 4. The largest absolute Gasteiger partial charge is 0.478 e. The maximum atomic E-state index is 12.1. The van der Waals surface area contributed by atoms with E-state index >= 15 is 0 Å². The van der Waals surface area contributed by atoms with E-state index in [1.807, 2.05) is 0 Å². The molecule has 2 aromatic rings. The van der Waals surface area contributed by atoms with Gasteiger partial charge in [-0.2, -0.15) is 0 Å². The molecule has 112 valence electrons. The molecule has 0 saturated carbocycles. The number of nitrogens with zero attached hydrogens (tertiary/aromatic N) is 1. The Morgan fingerprint density at radius 2 is 2.10 bits per heavy atom. The van der Waals surface area contributed by atoms with Crippen molar-refractivity contribution < 1.29 is 19.2 Å². The number of aromatic nitrogens is 2. The van der Waals surface area contributed by atoms with Crippen molar-refractivity contribution in [2.75, 3.05) is 0 Å². The average Bonchev–Trinajstić information content (AvgIpc) is 2.97. The highest BCUT2D eigenvalue weighted by molar-refractivity contribution is 6.41. The summed E-state index contributed by atoms with van der Waals surface area (Å²) < 4.78 is 4.67. The molecule has 0 radical (unpaired) electrons. The number of nitrogens with one attached hydrogen (secondary N) is 2. The molecule has 0 atom stereocenters. The second-order valence-electron chi connectivity index (χ2n) is 4.81. The lowest BCUT2D eigenvalue weighted by Crippen LogP contribution is -2.42. The van der Waals surface area contributed by atoms with Gasteiger partial charge >= 0.3 is 5.97 Å². The maximum absolute atomic E-state index is 12.1. The fourth-order valence-corrected chi connectivity index (χ4v) is 2.09. The van der Waals surface area contributed by atoms with E-state index in [0.29, 0.717) is 0 Å². The summed E-state index contributed by atoms with van der Waals surface area (Å²) in [6.07, 6.45) is 1.01. The Hall–Kier alpha value is -1.99. The van der Waals surface area contributed by atoms with Crippen LogP contribution in [0.2, 0.25) is 10.2 Å². The number of hydrogen-bond acceptors (Lipinski definition) is 4. The third-order valence-corrected chi connectivity index (χ3v) is 3.48. The van der Waals surface area contributed by atoms with Gasteiger partial charge < -0.3 is 19.9 Å². The smallest absolute Gasteiger partial charge is 0.341 e. The minimum Gasteiger partial charge on any atom is -0.478 e. The molecule has 0 aliphatic heterocycles. The number of hydrogen-bond donors (Lipinski definition) is 3. The van der Waals surface area contributed by atoms with Crippen molar-refractivity contribution in [1.29, 1.82) is 0 Å². The molecular weight excluding hydrogens is 321 g/mol. The second kappa shape index (κ2) is 5.42. The van der Waals surface area contributed by atoms with Gasteiger partial charge in [-0.1, -0.05) is 28.4 Å². The summed E-state index contributed by atoms with van der Waals surface area (Å²) in [5, 5.41) is 15.7. The Bertz CT molecular complexity index is 686. The summed E-state index contributed by atoms with van der Waals surface area (Å²) in [5.41, 5.74) is -0.935. The molecule has 2 rings (SSSR count). The van der Waals surface area contributed by atoms with Crippen LogP contribution in [0.15, 0.2) is 16.9 Å². The fourth-order valence-electron chi connectivity index (χ4n) is 1.78. The SMILES string of the molecule is CC(C)(NC(=O)c1cc(Cl)c(Cl)[nH]1)c1nocc1C(=O)O. The zero-order valence-electron chi connectivity index (χ0n) is 11.0. The minimum atomic E-state index is -1.19. The Balaban J connectivity index is 2.26. The van der Waals surface area contributed by atoms with Crippen molar-refractivity contribution in [1.82, 2.24) is 15.5 Å². The van der Waals surface area contributed by atoms with Gasteiger partial charge in [-0.05, 0) is 19.9 Å². The molecule has 2 heterocycles. The van der Waals surface area contributed by atoms with Crippen LogP contribution in [-0.2, 0) is 5.54 Å². The Labute approximate surface area is 129 Å². The molecule has 0 aliphatic carbocycles. The van der Waals surface area contributed by atoms with Crippen LogP contribution in [0.5, 0.6) is 0 Å². The predicted octanol–water partition coefficient (Wildman–Crippen LogP) is 2.67. The van der Waals surface area contributed by atoms with Crippen molar-refractivity contribution in [3.8, 4) is 0 Å². The van der Waals surface area contributed by atoms with E-state index in [-0.39, 0.29) is 27.1 Å². The van der Waals surface area contributed by atoms with Crippen molar-refractivity contribution in [3.63, 3.8) is 0 Å². The topological polar surface area (TPSA) is 108 Å². The summed E-state index contributed by atoms with van der Waals surface area (Å²) >= 11 is 11.5. The summed E-state index contributed by atoms with van der Waals surface area (Å²) in [5.74, 6) is -1.70. The van der Waals surface area contributed by atoms with Crippen LogP contribution >= 0.6 is 23.2 Å². The van der Waals surface area contributed by atoms with E-state index < -0.39 is 17.4 Å². The third-order valence-electron chi connectivity index (χ3n) is 2.79. The normalized spacial score (nSPS) is 11.4. The van der Waals surface area contributed by atoms with E-state index in [1.165, 1.54) is 6.07 Å². The number of aromatic carboxylic acids is 1. The lowest BCUT2D eigenvalue weighted by atomic mass is 9.97. The quantitative estimate of drug-likeness (QED) is 0.798. The van der Waals surface area contributed by atoms with E-state index in [1.54, 1.807) is 13.8 Å². The zero-order valence-corrected chi connectivity index (χ0v) is 12.5. The highest BCUT2D eigenvalue weighted by atomic mass is 35.5. The molecule has 0 saturated heterocycles. The first-order chi connectivity index (χ1) is 9.72. The molecule has 21 heavy (non-hydrogen) atoms. The molecule has 3 N–H and O–H groups in total. The van der Waals surface area contributed by atoms with Gasteiger partial charge in [0.2, 0.25) is 0 Å². The zero-order chi connectivity index (χ0) is 15.8. The van der Waals surface area contributed by atoms with Crippen LogP contribution < -0.4 is 5.32 Å². The van der Waals surface area contributed by atoms with Gasteiger partial charge in [0, 0.05) is 0 Å². The number of amides is 1. The molecule has 0 bridgehead atoms. The van der Waals surface area contributed by atoms with E-state index in [2.05, 4.69) is 20.0 Å². The van der Waals surface area contributed by atoms with Crippen LogP contribution in [0.4, 0.5) is 0 Å². The van der Waals surface area contributed by atoms with Gasteiger partial charge in [-0.3, -0.25) is 4.79 Å². The van der Waals surface area contributed by atoms with Gasteiger partial charge in [0.1, 0.15) is 28.4 Å². The number of aromatic amines is 1. The monoisotopic (exact) mass is 331 g/mol. The molecule has 0 aliphatic rings. The second-order valence-corrected chi connectivity index (χ2v) is 5.59. The predicted molar refractivity (Wildman–Crippen MR) is 74.8 cm³/mol. The number of carbonyl (C=O) groups excluding carboxylic acids is 1. The molecule has 0 unspecified atom stereocenters. The van der Waals surface area contributed by atoms with Gasteiger partial charge in [0.15, 0.2) is 0 Å². The first kappa shape index (κ1) is 15.4. The van der Waals surface area contributed by atoms with E-state index in [9.17, 15) is 9.59 Å². The third kappa shape index (κ3) is 3.03. The molecule has 2 aromatic heterocycles. The van der Waals surface area contributed by atoms with Gasteiger partial charge in [0.25, 0.3) is 5.91 Å². The number of halogens is 2. The maximum Gasteiger partial charge on any atom is 0.341 e. The Morgan fingerprint density at radius 3 is 2.62 bits per heavy atom. The van der Waals surface area contributed by atoms with Crippen molar-refractivity contribution >= 4 is 35.1 Å². The van der Waals surface area contributed by atoms with Crippen molar-refractivity contribution in [3.05, 3.63) is 39.5 Å². The molecule has 0 aromatic carbocycles. The highest BCUT2D eigenvalue weighted by Gasteiger charge is 2.32. The number of carbonyl (C=O) groups is 2. The van der Waals surface area contributed by atoms with Gasteiger partial charge in [-0.15, -0.1) is 0 Å². The number of carboxylic acids is 1. The van der Waals surface area contributed by atoms with Crippen LogP contribution in [0.25, 0.3) is 0 Å². The summed E-state index contributed by atoms with van der Waals surface area (Å²) in [6.45, 7) is 3.20. The summed E-state index contributed by atoms with van der Waals surface area (Å²) in [7, 11) is 0. The number of H-pyrrole nitrogens is 1. The average molecular weight is 332 g/mol. The van der Waals surface area contributed by atoms with Gasteiger partial charge in [0.05, 0.1) is 10.6 Å². The lowest BCUT2D eigenvalue weighted by molar-refractivity contribution is 0.0690. The minimum absolute atomic E-state index is 0.104. The summed E-state index contributed by atoms with van der Waals surface area (Å²) in [6, 6.07) is 1.37. The van der Waals surface area contributed by atoms with Gasteiger partial charge in [-0.25, -0.2) is 4.79 Å². The van der Waals surface area contributed by atoms with Crippen LogP contribution in [0, 0.1) is 0 Å². The Morgan fingerprint density at radius 1 is 1.43 bits per heavy atom. The molecule has 1 amide bonds. The molecule has 9 heteroatoms. The van der Waals surface area contributed by atoms with Crippen LogP contribution in [0.1, 0.15) is 40.4 Å². The lowest BCUT2D eigenvalue weighted by Gasteiger charge is -2.24. The standard InChI is InChI=1S/C12H11Cl2N3O4/c1-12(2,8-5(11(19)20)4-21-17-8)16-10(18)7-3-6(13)9(14)15-7/h3-4,15H,1-2H3,(H,16,18)(H,19,20). The van der Waals surface area contributed by atoms with E-state index in [0.717, 1.165) is 6.26 Å². The first-order valence-corrected chi connectivity index (χ1v) is 6.52. The number of carboxylic acid groups (broad SMARTS) is 1. The molecular formula is C12H11Cl2N3O4. The Kier molecular flexibility index (Phi) is 3.97. The highest BCUT2D eigenvalue weighted by Crippen LogP contribution is 2.25. The van der Waals surface area contributed by atoms with Crippen LogP contribution in [-0.4, -0.2) is 27.1 Å². The fraction of sp³-hybridized carbons (Fsp3) is 0.250. The van der Waals surface area contributed by atoms with E-state index in [4.69, 9.17) is 28.3 Å². The first-order valence-electron chi connectivity index (χ1n) is 5.77. The molecule has 7 nitrogen and oxygen atoms in total. The van der Waals surface area contributed by atoms with Crippen LogP contribution in [0.3, 0.4) is 0 Å². The molecule has 0 spiro atoms. The summed E-state index contributed by atoms with van der Waals surface area (Å²) in [4.78, 5) is 25.8.